The molecule has 2 N–H and O–H groups in total. The second-order valence-corrected chi connectivity index (χ2v) is 9.63. The number of ether oxygens (including phenoxy) is 1. The van der Waals surface area contributed by atoms with Gasteiger partial charge in [-0.3, -0.25) is 4.79 Å². The van der Waals surface area contributed by atoms with Crippen LogP contribution in [0.4, 0.5) is 0 Å². The van der Waals surface area contributed by atoms with Crippen LogP contribution in [0, 0.1) is 17.8 Å². The van der Waals surface area contributed by atoms with E-state index in [4.69, 9.17) is 4.74 Å². The van der Waals surface area contributed by atoms with Gasteiger partial charge < -0.3 is 15.2 Å². The van der Waals surface area contributed by atoms with Crippen molar-refractivity contribution in [1.29, 1.82) is 0 Å². The van der Waals surface area contributed by atoms with Crippen molar-refractivity contribution in [3.8, 4) is 5.75 Å². The average molecular weight is 406 g/mol. The minimum Gasteiger partial charge on any atom is -0.493 e. The van der Waals surface area contributed by atoms with E-state index in [2.05, 4.69) is 17.4 Å². The molecule has 3 bridgehead atoms. The molecule has 0 aromatic heterocycles. The summed E-state index contributed by atoms with van der Waals surface area (Å²) >= 11 is 0. The standard InChI is InChI=1S/C26H31NO3/c28-25(27-24-10-9-19-13-21-16-26(29,15-19)17-23(21)24)20-7-4-8-22(14-20)30-12-11-18-5-2-1-3-6-18/h1-8,14,19,21,23-24,29H,9-13,15-17H2,(H,27,28). The summed E-state index contributed by atoms with van der Waals surface area (Å²) in [4.78, 5) is 13.0. The smallest absolute Gasteiger partial charge is 0.251 e. The summed E-state index contributed by atoms with van der Waals surface area (Å²) in [6, 6.07) is 17.9. The third-order valence-electron chi connectivity index (χ3n) is 7.49. The quantitative estimate of drug-likeness (QED) is 0.750. The summed E-state index contributed by atoms with van der Waals surface area (Å²) in [6.45, 7) is 0.585. The minimum atomic E-state index is -0.478. The van der Waals surface area contributed by atoms with Gasteiger partial charge >= 0.3 is 0 Å². The maximum Gasteiger partial charge on any atom is 0.251 e. The topological polar surface area (TPSA) is 58.6 Å². The Morgan fingerprint density at radius 2 is 1.93 bits per heavy atom. The van der Waals surface area contributed by atoms with Crippen LogP contribution in [0.3, 0.4) is 0 Å². The second kappa shape index (κ2) is 8.07. The van der Waals surface area contributed by atoms with Gasteiger partial charge in [0.15, 0.2) is 0 Å². The molecule has 158 valence electrons. The van der Waals surface area contributed by atoms with Gasteiger partial charge in [-0.2, -0.15) is 0 Å². The Bertz CT molecular complexity index is 898. The Hall–Kier alpha value is -2.33. The lowest BCUT2D eigenvalue weighted by Crippen LogP contribution is -2.41. The van der Waals surface area contributed by atoms with Gasteiger partial charge in [-0.25, -0.2) is 0 Å². The van der Waals surface area contributed by atoms with Crippen molar-refractivity contribution in [3.05, 3.63) is 65.7 Å². The van der Waals surface area contributed by atoms with Gasteiger partial charge in [0.2, 0.25) is 0 Å². The molecule has 3 aliphatic rings. The molecular weight excluding hydrogens is 374 g/mol. The Labute approximate surface area is 178 Å². The van der Waals surface area contributed by atoms with Gasteiger partial charge in [0.1, 0.15) is 5.75 Å². The van der Waals surface area contributed by atoms with Crippen LogP contribution in [0.25, 0.3) is 0 Å². The fraction of sp³-hybridized carbons (Fsp3) is 0.500. The highest BCUT2D eigenvalue weighted by Crippen LogP contribution is 2.55. The van der Waals surface area contributed by atoms with E-state index in [0.717, 1.165) is 44.3 Å². The number of hydrogen-bond donors (Lipinski definition) is 2. The number of fused-ring (bicyclic) bond motifs is 2. The van der Waals surface area contributed by atoms with Crippen LogP contribution in [0.5, 0.6) is 5.75 Å². The van der Waals surface area contributed by atoms with Gasteiger partial charge in [-0.05, 0) is 80.0 Å². The number of nitrogens with one attached hydrogen (secondary N) is 1. The predicted octanol–water partition coefficient (Wildman–Crippen LogP) is 4.37. The van der Waals surface area contributed by atoms with E-state index in [0.29, 0.717) is 29.9 Å². The minimum absolute atomic E-state index is 0.0262. The zero-order valence-electron chi connectivity index (χ0n) is 17.4. The van der Waals surface area contributed by atoms with Crippen molar-refractivity contribution in [2.24, 2.45) is 17.8 Å². The molecule has 3 fully saturated rings. The average Bonchev–Trinajstić information content (AvgIpc) is 2.93. The molecule has 4 nitrogen and oxygen atoms in total. The summed E-state index contributed by atoms with van der Waals surface area (Å²) < 4.78 is 5.90. The first kappa shape index (κ1) is 19.6. The fourth-order valence-corrected chi connectivity index (χ4v) is 6.21. The number of hydrogen-bond acceptors (Lipinski definition) is 3. The van der Waals surface area contributed by atoms with Gasteiger partial charge in [-0.1, -0.05) is 36.4 Å². The molecule has 3 saturated carbocycles. The molecule has 3 aliphatic carbocycles. The largest absolute Gasteiger partial charge is 0.493 e. The molecule has 0 radical (unpaired) electrons. The van der Waals surface area contributed by atoms with E-state index < -0.39 is 5.60 Å². The van der Waals surface area contributed by atoms with E-state index in [1.807, 2.05) is 42.5 Å². The first-order valence-electron chi connectivity index (χ1n) is 11.4. The number of amides is 1. The van der Waals surface area contributed by atoms with Crippen LogP contribution < -0.4 is 10.1 Å². The lowest BCUT2D eigenvalue weighted by Gasteiger charge is -2.33. The first-order valence-corrected chi connectivity index (χ1v) is 11.4. The molecule has 5 unspecified atom stereocenters. The van der Waals surface area contributed by atoms with E-state index in [1.54, 1.807) is 0 Å². The van der Waals surface area contributed by atoms with Gasteiger partial charge in [-0.15, -0.1) is 0 Å². The Morgan fingerprint density at radius 3 is 2.80 bits per heavy atom. The molecule has 2 aromatic rings. The highest BCUT2D eigenvalue weighted by molar-refractivity contribution is 5.94. The third kappa shape index (κ3) is 4.11. The third-order valence-corrected chi connectivity index (χ3v) is 7.49. The van der Waals surface area contributed by atoms with E-state index in [1.165, 1.54) is 12.0 Å². The van der Waals surface area contributed by atoms with Crippen molar-refractivity contribution in [3.63, 3.8) is 0 Å². The van der Waals surface area contributed by atoms with E-state index in [9.17, 15) is 9.90 Å². The molecular formula is C26H31NO3. The monoisotopic (exact) mass is 405 g/mol. The maximum atomic E-state index is 13.0. The van der Waals surface area contributed by atoms with Gasteiger partial charge in [0, 0.05) is 18.0 Å². The van der Waals surface area contributed by atoms with Crippen LogP contribution >= 0.6 is 0 Å². The number of carbonyl (C=O) groups is 1. The molecule has 0 aliphatic heterocycles. The summed E-state index contributed by atoms with van der Waals surface area (Å²) in [5.74, 6) is 2.31. The highest BCUT2D eigenvalue weighted by Gasteiger charge is 2.53. The zero-order chi connectivity index (χ0) is 20.6. The Balaban J connectivity index is 1.21. The molecule has 0 spiro atoms. The number of aliphatic hydroxyl groups is 1. The Morgan fingerprint density at radius 1 is 1.07 bits per heavy atom. The number of benzene rings is 2. The molecule has 0 heterocycles. The summed E-state index contributed by atoms with van der Waals surface area (Å²) in [6.07, 6.45) is 6.94. The SMILES string of the molecule is O=C(NC1CCC2CC3CC(O)(C2)CC31)c1cccc(OCCc2ccccc2)c1. The van der Waals surface area contributed by atoms with Crippen LogP contribution in [0.15, 0.2) is 54.6 Å². The maximum absolute atomic E-state index is 13.0. The summed E-state index contributed by atoms with van der Waals surface area (Å²) in [5, 5.41) is 14.2. The van der Waals surface area contributed by atoms with Crippen LogP contribution in [0.2, 0.25) is 0 Å². The highest BCUT2D eigenvalue weighted by atomic mass is 16.5. The molecule has 4 heteroatoms. The first-order chi connectivity index (χ1) is 14.6. The molecule has 2 aromatic carbocycles. The lowest BCUT2D eigenvalue weighted by atomic mass is 9.77. The predicted molar refractivity (Wildman–Crippen MR) is 116 cm³/mol. The van der Waals surface area contributed by atoms with Crippen molar-refractivity contribution in [2.45, 2.75) is 56.6 Å². The zero-order valence-corrected chi connectivity index (χ0v) is 17.4. The number of carbonyl (C=O) groups excluding carboxylic acids is 1. The van der Waals surface area contributed by atoms with Crippen LogP contribution in [-0.2, 0) is 6.42 Å². The lowest BCUT2D eigenvalue weighted by molar-refractivity contribution is -0.00594. The van der Waals surface area contributed by atoms with Crippen LogP contribution in [-0.4, -0.2) is 29.3 Å². The fourth-order valence-electron chi connectivity index (χ4n) is 6.21. The molecule has 0 saturated heterocycles. The molecule has 30 heavy (non-hydrogen) atoms. The van der Waals surface area contributed by atoms with Crippen LogP contribution in [0.1, 0.15) is 54.4 Å². The van der Waals surface area contributed by atoms with E-state index >= 15 is 0 Å². The normalized spacial score (nSPS) is 31.9. The van der Waals surface area contributed by atoms with Crippen molar-refractivity contribution in [2.75, 3.05) is 6.61 Å². The molecule has 1 amide bonds. The van der Waals surface area contributed by atoms with Crippen molar-refractivity contribution >= 4 is 5.91 Å². The van der Waals surface area contributed by atoms with Crippen molar-refractivity contribution < 1.29 is 14.6 Å². The molecule has 5 rings (SSSR count). The summed E-state index contributed by atoms with van der Waals surface area (Å²) in [7, 11) is 0. The Kier molecular flexibility index (Phi) is 5.28. The van der Waals surface area contributed by atoms with E-state index in [-0.39, 0.29) is 11.9 Å². The van der Waals surface area contributed by atoms with Gasteiger partial charge in [0.25, 0.3) is 5.91 Å². The number of rotatable bonds is 6. The molecule has 5 atom stereocenters. The van der Waals surface area contributed by atoms with Crippen molar-refractivity contribution in [1.82, 2.24) is 5.32 Å². The second-order valence-electron chi connectivity index (χ2n) is 9.63. The summed E-state index contributed by atoms with van der Waals surface area (Å²) in [5.41, 5.74) is 1.41. The van der Waals surface area contributed by atoms with Gasteiger partial charge in [0.05, 0.1) is 12.2 Å².